The number of benzene rings is 1. The van der Waals surface area contributed by atoms with E-state index in [1.54, 1.807) is 7.11 Å². The predicted molar refractivity (Wildman–Crippen MR) is 118 cm³/mol. The number of nitrogens with zero attached hydrogens (tertiary/aromatic N) is 2. The van der Waals surface area contributed by atoms with Gasteiger partial charge in [0.25, 0.3) is 0 Å². The standard InChI is InChI=1S/C25H35N3O3/c1-3-27-16-23(26-22(27)29)8-9-25(30)21-12-18-6-7-19(31-2)13-20(18)24(25,15-23)10-11-28(21)14-17-4-5-17/h6-7,13,17,21,30H,3-5,8-12,14-16H2,1-2H3,(H,26,29)/t21-,23+,24-,25-/m1/s1. The number of fused-ring (bicyclic) bond motifs is 1. The topological polar surface area (TPSA) is 65.0 Å². The molecular weight excluding hydrogens is 390 g/mol. The van der Waals surface area contributed by atoms with E-state index in [0.717, 1.165) is 70.0 Å². The summed E-state index contributed by atoms with van der Waals surface area (Å²) in [5.41, 5.74) is 1.27. The van der Waals surface area contributed by atoms with Crippen molar-refractivity contribution in [3.8, 4) is 5.75 Å². The molecule has 2 saturated heterocycles. The Hall–Kier alpha value is -1.79. The second-order valence-electron chi connectivity index (χ2n) is 10.8. The monoisotopic (exact) mass is 425 g/mol. The van der Waals surface area contributed by atoms with Crippen LogP contribution < -0.4 is 10.1 Å². The zero-order chi connectivity index (χ0) is 21.4. The Morgan fingerprint density at radius 2 is 2.10 bits per heavy atom. The Kier molecular flexibility index (Phi) is 4.24. The van der Waals surface area contributed by atoms with Crippen LogP contribution in [0.3, 0.4) is 0 Å². The van der Waals surface area contributed by atoms with E-state index in [4.69, 9.17) is 4.74 Å². The normalized spacial score (nSPS) is 39.3. The van der Waals surface area contributed by atoms with Crippen molar-refractivity contribution in [3.05, 3.63) is 29.3 Å². The van der Waals surface area contributed by atoms with Crippen LogP contribution in [-0.4, -0.2) is 71.4 Å². The van der Waals surface area contributed by atoms with Gasteiger partial charge in [-0.3, -0.25) is 4.90 Å². The molecule has 0 radical (unpaired) electrons. The Balaban J connectivity index is 1.46. The van der Waals surface area contributed by atoms with Gasteiger partial charge in [-0.15, -0.1) is 0 Å². The molecule has 0 aromatic heterocycles. The van der Waals surface area contributed by atoms with Crippen LogP contribution in [0.15, 0.2) is 18.2 Å². The largest absolute Gasteiger partial charge is 0.497 e. The molecule has 1 spiro atoms. The minimum atomic E-state index is -0.755. The lowest BCUT2D eigenvalue weighted by Crippen LogP contribution is -2.76. The highest BCUT2D eigenvalue weighted by Gasteiger charge is 2.68. The number of urea groups is 1. The van der Waals surface area contributed by atoms with Crippen LogP contribution in [0.5, 0.6) is 5.75 Å². The number of aliphatic hydroxyl groups is 1. The maximum atomic E-state index is 12.6. The molecule has 6 heteroatoms. The first-order chi connectivity index (χ1) is 14.9. The van der Waals surface area contributed by atoms with Gasteiger partial charge >= 0.3 is 6.03 Å². The fraction of sp³-hybridized carbons (Fsp3) is 0.720. The summed E-state index contributed by atoms with van der Waals surface area (Å²) in [7, 11) is 1.72. The lowest BCUT2D eigenvalue weighted by atomic mass is 9.46. The summed E-state index contributed by atoms with van der Waals surface area (Å²) in [5.74, 6) is 1.68. The molecule has 2 heterocycles. The summed E-state index contributed by atoms with van der Waals surface area (Å²) >= 11 is 0. The van der Waals surface area contributed by atoms with Gasteiger partial charge in [0, 0.05) is 31.1 Å². The van der Waals surface area contributed by atoms with Gasteiger partial charge in [0.2, 0.25) is 0 Å². The predicted octanol–water partition coefficient (Wildman–Crippen LogP) is 2.67. The van der Waals surface area contributed by atoms with Gasteiger partial charge in [0.05, 0.1) is 18.2 Å². The average molecular weight is 426 g/mol. The van der Waals surface area contributed by atoms with E-state index in [1.165, 1.54) is 24.0 Å². The highest BCUT2D eigenvalue weighted by molar-refractivity contribution is 5.78. The van der Waals surface area contributed by atoms with Gasteiger partial charge in [0.15, 0.2) is 0 Å². The Bertz CT molecular complexity index is 917. The van der Waals surface area contributed by atoms with Crippen LogP contribution in [-0.2, 0) is 11.8 Å². The number of hydrogen-bond donors (Lipinski definition) is 2. The number of rotatable bonds is 4. The van der Waals surface area contributed by atoms with Crippen molar-refractivity contribution in [1.29, 1.82) is 0 Å². The number of nitrogens with one attached hydrogen (secondary N) is 1. The molecule has 5 aliphatic rings. The Morgan fingerprint density at radius 3 is 2.81 bits per heavy atom. The van der Waals surface area contributed by atoms with Crippen molar-refractivity contribution in [2.24, 2.45) is 5.92 Å². The molecular formula is C25H35N3O3. The van der Waals surface area contributed by atoms with E-state index >= 15 is 0 Å². The average Bonchev–Trinajstić information content (AvgIpc) is 3.53. The molecule has 168 valence electrons. The zero-order valence-electron chi connectivity index (χ0n) is 18.8. The summed E-state index contributed by atoms with van der Waals surface area (Å²) in [5, 5.41) is 15.9. The van der Waals surface area contributed by atoms with Crippen molar-refractivity contribution in [2.75, 3.05) is 33.3 Å². The van der Waals surface area contributed by atoms with Crippen LogP contribution in [0.4, 0.5) is 4.79 Å². The third kappa shape index (κ3) is 2.73. The molecule has 1 aromatic carbocycles. The molecule has 6 rings (SSSR count). The van der Waals surface area contributed by atoms with Crippen LogP contribution in [0.1, 0.15) is 56.6 Å². The fourth-order valence-electron chi connectivity index (χ4n) is 7.48. The number of likely N-dealkylation sites (N-methyl/N-ethyl adjacent to an activating group) is 1. The summed E-state index contributed by atoms with van der Waals surface area (Å²) in [4.78, 5) is 17.2. The van der Waals surface area contributed by atoms with Gasteiger partial charge < -0.3 is 20.1 Å². The second kappa shape index (κ2) is 6.61. The van der Waals surface area contributed by atoms with E-state index in [2.05, 4.69) is 28.4 Å². The first-order valence-corrected chi connectivity index (χ1v) is 12.1. The molecule has 2 bridgehead atoms. The molecule has 31 heavy (non-hydrogen) atoms. The summed E-state index contributed by atoms with van der Waals surface area (Å²) < 4.78 is 5.61. The van der Waals surface area contributed by atoms with Crippen LogP contribution >= 0.6 is 0 Å². The van der Waals surface area contributed by atoms with E-state index in [0.29, 0.717) is 0 Å². The number of hydrogen-bond acceptors (Lipinski definition) is 4. The van der Waals surface area contributed by atoms with E-state index in [-0.39, 0.29) is 23.0 Å². The van der Waals surface area contributed by atoms with Gasteiger partial charge in [-0.25, -0.2) is 4.79 Å². The Morgan fingerprint density at radius 1 is 1.26 bits per heavy atom. The number of methoxy groups -OCH3 is 1. The highest BCUT2D eigenvalue weighted by atomic mass is 16.5. The first kappa shape index (κ1) is 19.9. The third-order valence-electron chi connectivity index (χ3n) is 9.24. The zero-order valence-corrected chi connectivity index (χ0v) is 18.8. The first-order valence-electron chi connectivity index (χ1n) is 12.1. The number of piperidine rings is 1. The van der Waals surface area contributed by atoms with Gasteiger partial charge in [-0.05, 0) is 87.6 Å². The number of carbonyl (C=O) groups excluding carboxylic acids is 1. The van der Waals surface area contributed by atoms with Crippen LogP contribution in [0.2, 0.25) is 0 Å². The molecule has 2 aliphatic heterocycles. The molecule has 2 N–H and O–H groups in total. The minimum Gasteiger partial charge on any atom is -0.497 e. The molecule has 4 atom stereocenters. The molecule has 1 aromatic rings. The third-order valence-corrected chi connectivity index (χ3v) is 9.24. The maximum absolute atomic E-state index is 12.6. The minimum absolute atomic E-state index is 0.0498. The Labute approximate surface area is 184 Å². The number of carbonyl (C=O) groups is 1. The smallest absolute Gasteiger partial charge is 0.317 e. The number of ether oxygens (including phenoxy) is 1. The van der Waals surface area contributed by atoms with Gasteiger partial charge in [0.1, 0.15) is 5.75 Å². The van der Waals surface area contributed by atoms with Crippen molar-refractivity contribution in [3.63, 3.8) is 0 Å². The van der Waals surface area contributed by atoms with Gasteiger partial charge in [-0.2, -0.15) is 0 Å². The van der Waals surface area contributed by atoms with Crippen LogP contribution in [0.25, 0.3) is 0 Å². The van der Waals surface area contributed by atoms with E-state index in [1.807, 2.05) is 11.8 Å². The van der Waals surface area contributed by atoms with Crippen molar-refractivity contribution in [1.82, 2.24) is 15.1 Å². The van der Waals surface area contributed by atoms with Crippen molar-refractivity contribution < 1.29 is 14.6 Å². The highest BCUT2D eigenvalue weighted by Crippen LogP contribution is 2.61. The van der Waals surface area contributed by atoms with Gasteiger partial charge in [-0.1, -0.05) is 6.07 Å². The number of likely N-dealkylation sites (tertiary alicyclic amines) is 1. The van der Waals surface area contributed by atoms with Crippen molar-refractivity contribution >= 4 is 6.03 Å². The maximum Gasteiger partial charge on any atom is 0.317 e. The van der Waals surface area contributed by atoms with Crippen molar-refractivity contribution in [2.45, 2.75) is 74.5 Å². The fourth-order valence-corrected chi connectivity index (χ4v) is 7.48. The lowest BCUT2D eigenvalue weighted by molar-refractivity contribution is -0.178. The summed E-state index contributed by atoms with van der Waals surface area (Å²) in [6.07, 6.45) is 6.92. The quantitative estimate of drug-likeness (QED) is 0.779. The lowest BCUT2D eigenvalue weighted by Gasteiger charge is -2.66. The van der Waals surface area contributed by atoms with E-state index in [9.17, 15) is 9.90 Å². The molecule has 6 nitrogen and oxygen atoms in total. The van der Waals surface area contributed by atoms with Crippen LogP contribution in [0, 0.1) is 5.92 Å². The second-order valence-corrected chi connectivity index (χ2v) is 10.8. The number of amides is 2. The molecule has 0 unspecified atom stereocenters. The molecule has 4 fully saturated rings. The molecule has 2 saturated carbocycles. The SMILES string of the molecule is CCN1C[C@@]2(CC[C@@]3(O)[C@H]4Cc5ccc(OC)cc5[C@@]3(CCN4CC3CC3)C2)NC1=O. The molecule has 2 amide bonds. The molecule has 3 aliphatic carbocycles. The summed E-state index contributed by atoms with van der Waals surface area (Å²) in [6.45, 7) is 5.67. The summed E-state index contributed by atoms with van der Waals surface area (Å²) in [6, 6.07) is 6.68. The van der Waals surface area contributed by atoms with E-state index < -0.39 is 5.60 Å².